The molecule has 2 atom stereocenters. The fourth-order valence-electron chi connectivity index (χ4n) is 3.20. The summed E-state index contributed by atoms with van der Waals surface area (Å²) in [6, 6.07) is 16.2. The molecule has 1 aliphatic carbocycles. The predicted octanol–water partition coefficient (Wildman–Crippen LogP) is 5.35. The van der Waals surface area contributed by atoms with Crippen LogP contribution < -0.4 is 5.32 Å². The van der Waals surface area contributed by atoms with Crippen molar-refractivity contribution >= 4 is 15.9 Å². The highest BCUT2D eigenvalue weighted by molar-refractivity contribution is 9.10. The number of fused-ring (bicyclic) bond motifs is 1. The zero-order valence-corrected chi connectivity index (χ0v) is 14.3. The van der Waals surface area contributed by atoms with Crippen LogP contribution in [-0.4, -0.2) is 0 Å². The summed E-state index contributed by atoms with van der Waals surface area (Å²) < 4.78 is 1.14. The van der Waals surface area contributed by atoms with Gasteiger partial charge in [0.15, 0.2) is 0 Å². The van der Waals surface area contributed by atoms with Gasteiger partial charge in [-0.3, -0.25) is 0 Å². The van der Waals surface area contributed by atoms with Crippen molar-refractivity contribution < 1.29 is 0 Å². The van der Waals surface area contributed by atoms with Gasteiger partial charge in [0.2, 0.25) is 0 Å². The van der Waals surface area contributed by atoms with Gasteiger partial charge in [-0.2, -0.15) is 0 Å². The second-order valence-corrected chi connectivity index (χ2v) is 6.96. The van der Waals surface area contributed by atoms with E-state index in [1.54, 1.807) is 11.1 Å². The highest BCUT2D eigenvalue weighted by Crippen LogP contribution is 2.27. The van der Waals surface area contributed by atoms with E-state index in [9.17, 15) is 0 Å². The third-order valence-electron chi connectivity index (χ3n) is 4.47. The first-order valence-corrected chi connectivity index (χ1v) is 8.56. The summed E-state index contributed by atoms with van der Waals surface area (Å²) in [6.45, 7) is 4.48. The lowest BCUT2D eigenvalue weighted by Gasteiger charge is -2.21. The van der Waals surface area contributed by atoms with Gasteiger partial charge in [-0.1, -0.05) is 46.3 Å². The van der Waals surface area contributed by atoms with Crippen molar-refractivity contribution in [1.29, 1.82) is 0 Å². The Labute approximate surface area is 135 Å². The first kappa shape index (κ1) is 14.8. The van der Waals surface area contributed by atoms with Crippen LogP contribution in [0.4, 0.5) is 0 Å². The molecule has 2 heteroatoms. The van der Waals surface area contributed by atoms with Crippen LogP contribution in [0.3, 0.4) is 0 Å². The SMILES string of the molecule is CC(N[C@H](C)c1cccc(Br)c1)c1ccc2c(c1)CCC2. The number of nitrogens with one attached hydrogen (secondary N) is 1. The van der Waals surface area contributed by atoms with Gasteiger partial charge in [-0.15, -0.1) is 0 Å². The first-order valence-electron chi connectivity index (χ1n) is 7.76. The van der Waals surface area contributed by atoms with Crippen molar-refractivity contribution in [2.75, 3.05) is 0 Å². The molecule has 110 valence electrons. The summed E-state index contributed by atoms with van der Waals surface area (Å²) in [5.74, 6) is 0. The van der Waals surface area contributed by atoms with Crippen LogP contribution >= 0.6 is 15.9 Å². The second kappa shape index (κ2) is 6.33. The number of aryl methyl sites for hydroxylation is 2. The minimum Gasteiger partial charge on any atom is -0.304 e. The van der Waals surface area contributed by atoms with E-state index in [-0.39, 0.29) is 0 Å². The van der Waals surface area contributed by atoms with E-state index < -0.39 is 0 Å². The van der Waals surface area contributed by atoms with Crippen LogP contribution in [0.25, 0.3) is 0 Å². The predicted molar refractivity (Wildman–Crippen MR) is 92.6 cm³/mol. The number of hydrogen-bond acceptors (Lipinski definition) is 1. The van der Waals surface area contributed by atoms with Crippen LogP contribution in [0.1, 0.15) is 54.6 Å². The van der Waals surface area contributed by atoms with Crippen LogP contribution in [0, 0.1) is 0 Å². The molecule has 1 aliphatic rings. The summed E-state index contributed by atoms with van der Waals surface area (Å²) in [6.07, 6.45) is 3.82. The topological polar surface area (TPSA) is 12.0 Å². The van der Waals surface area contributed by atoms with Crippen molar-refractivity contribution in [1.82, 2.24) is 5.32 Å². The van der Waals surface area contributed by atoms with Crippen molar-refractivity contribution in [2.45, 2.75) is 45.2 Å². The van der Waals surface area contributed by atoms with Crippen molar-refractivity contribution in [3.05, 3.63) is 69.2 Å². The van der Waals surface area contributed by atoms with E-state index in [2.05, 4.69) is 77.6 Å². The molecule has 0 radical (unpaired) electrons. The van der Waals surface area contributed by atoms with Gasteiger partial charge in [0.05, 0.1) is 0 Å². The number of hydrogen-bond donors (Lipinski definition) is 1. The van der Waals surface area contributed by atoms with Gasteiger partial charge < -0.3 is 5.32 Å². The van der Waals surface area contributed by atoms with Gasteiger partial charge in [-0.25, -0.2) is 0 Å². The molecule has 2 aromatic rings. The second-order valence-electron chi connectivity index (χ2n) is 6.05. The van der Waals surface area contributed by atoms with E-state index >= 15 is 0 Å². The van der Waals surface area contributed by atoms with Crippen molar-refractivity contribution in [3.8, 4) is 0 Å². The minimum atomic E-state index is 0.339. The fourth-order valence-corrected chi connectivity index (χ4v) is 3.62. The minimum absolute atomic E-state index is 0.339. The smallest absolute Gasteiger partial charge is 0.0297 e. The Hall–Kier alpha value is -1.12. The van der Waals surface area contributed by atoms with Crippen LogP contribution in [0.15, 0.2) is 46.9 Å². The Morgan fingerprint density at radius 1 is 0.905 bits per heavy atom. The lowest BCUT2D eigenvalue weighted by atomic mass is 10.0. The molecule has 0 heterocycles. The molecule has 0 amide bonds. The molecule has 0 bridgehead atoms. The average molecular weight is 344 g/mol. The third kappa shape index (κ3) is 3.38. The van der Waals surface area contributed by atoms with Crippen LogP contribution in [-0.2, 0) is 12.8 Å². The molecule has 0 saturated heterocycles. The van der Waals surface area contributed by atoms with Gasteiger partial charge in [-0.05, 0) is 67.5 Å². The third-order valence-corrected chi connectivity index (χ3v) is 4.96. The monoisotopic (exact) mass is 343 g/mol. The first-order chi connectivity index (χ1) is 10.1. The molecule has 2 aromatic carbocycles. The van der Waals surface area contributed by atoms with E-state index in [4.69, 9.17) is 0 Å². The number of rotatable bonds is 4. The van der Waals surface area contributed by atoms with Gasteiger partial charge in [0.25, 0.3) is 0 Å². The van der Waals surface area contributed by atoms with Crippen LogP contribution in [0.2, 0.25) is 0 Å². The van der Waals surface area contributed by atoms with E-state index in [0.29, 0.717) is 12.1 Å². The van der Waals surface area contributed by atoms with Crippen molar-refractivity contribution in [2.24, 2.45) is 0 Å². The average Bonchev–Trinajstić information content (AvgIpc) is 2.94. The number of halogens is 1. The fraction of sp³-hybridized carbons (Fsp3) is 0.368. The van der Waals surface area contributed by atoms with Gasteiger partial charge >= 0.3 is 0 Å². The van der Waals surface area contributed by atoms with E-state index in [1.807, 2.05) is 0 Å². The van der Waals surface area contributed by atoms with E-state index in [0.717, 1.165) is 4.47 Å². The molecule has 0 spiro atoms. The molecule has 0 fully saturated rings. The summed E-state index contributed by atoms with van der Waals surface area (Å²) in [5, 5.41) is 3.71. The zero-order chi connectivity index (χ0) is 14.8. The Morgan fingerprint density at radius 2 is 1.62 bits per heavy atom. The lowest BCUT2D eigenvalue weighted by Crippen LogP contribution is -2.22. The lowest BCUT2D eigenvalue weighted by molar-refractivity contribution is 0.494. The highest BCUT2D eigenvalue weighted by atomic mass is 79.9. The molecule has 3 rings (SSSR count). The summed E-state index contributed by atoms with van der Waals surface area (Å²) in [7, 11) is 0. The maximum atomic E-state index is 3.71. The summed E-state index contributed by atoms with van der Waals surface area (Å²) in [5.41, 5.74) is 5.82. The molecule has 0 saturated carbocycles. The maximum Gasteiger partial charge on any atom is 0.0297 e. The normalized spacial score (nSPS) is 16.5. The number of benzene rings is 2. The molecular formula is C19H22BrN. The molecule has 0 aliphatic heterocycles. The molecule has 1 unspecified atom stereocenters. The largest absolute Gasteiger partial charge is 0.304 e. The van der Waals surface area contributed by atoms with Gasteiger partial charge in [0.1, 0.15) is 0 Å². The Bertz CT molecular complexity index is 635. The maximum absolute atomic E-state index is 3.71. The van der Waals surface area contributed by atoms with Crippen molar-refractivity contribution in [3.63, 3.8) is 0 Å². The molecule has 21 heavy (non-hydrogen) atoms. The van der Waals surface area contributed by atoms with Gasteiger partial charge in [0, 0.05) is 16.6 Å². The molecular weight excluding hydrogens is 322 g/mol. The standard InChI is InChI=1S/C19H22BrN/c1-13(16-6-4-8-19(20)12-16)21-14(2)17-10-9-15-5-3-7-18(15)11-17/h4,6,8-14,21H,3,5,7H2,1-2H3/t13-,14?/m1/s1. The molecule has 0 aromatic heterocycles. The van der Waals surface area contributed by atoms with Crippen LogP contribution in [0.5, 0.6) is 0 Å². The Morgan fingerprint density at radius 3 is 2.38 bits per heavy atom. The van der Waals surface area contributed by atoms with E-state index in [1.165, 1.54) is 30.4 Å². The zero-order valence-electron chi connectivity index (χ0n) is 12.7. The molecule has 1 nitrogen and oxygen atoms in total. The summed E-state index contributed by atoms with van der Waals surface area (Å²) >= 11 is 3.55. The Kier molecular flexibility index (Phi) is 4.46. The molecule has 1 N–H and O–H groups in total. The Balaban J connectivity index is 1.72. The quantitative estimate of drug-likeness (QED) is 0.788. The highest BCUT2D eigenvalue weighted by Gasteiger charge is 2.15. The summed E-state index contributed by atoms with van der Waals surface area (Å²) in [4.78, 5) is 0.